The highest BCUT2D eigenvalue weighted by molar-refractivity contribution is 6.93. The molecule has 0 spiro atoms. The van der Waals surface area contributed by atoms with Crippen LogP contribution in [0, 0.1) is 0 Å². The number of rotatable bonds is 6. The molecule has 2 aliphatic heterocycles. The zero-order chi connectivity index (χ0) is 17.3. The molecule has 0 N–H and O–H groups in total. The van der Waals surface area contributed by atoms with Gasteiger partial charge in [0.25, 0.3) is 0 Å². The summed E-state index contributed by atoms with van der Waals surface area (Å²) in [6.07, 6.45) is 2.88. The molecule has 2 aliphatic rings. The molecule has 0 saturated carbocycles. The van der Waals surface area contributed by atoms with E-state index >= 15 is 0 Å². The summed E-state index contributed by atoms with van der Waals surface area (Å²) >= 11 is 0. The van der Waals surface area contributed by atoms with Crippen molar-refractivity contribution in [3.05, 3.63) is 59.7 Å². The molecule has 4 rings (SSSR count). The second-order valence-electron chi connectivity index (χ2n) is 8.72. The summed E-state index contributed by atoms with van der Waals surface area (Å²) in [4.78, 5) is 0. The Balaban J connectivity index is 1.29. The molecule has 0 bridgehead atoms. The van der Waals surface area contributed by atoms with Crippen LogP contribution in [-0.2, 0) is 18.0 Å². The fraction of sp³-hybridized carbons (Fsp3) is 0.455. The van der Waals surface area contributed by atoms with Gasteiger partial charge in [-0.15, -0.1) is 0 Å². The van der Waals surface area contributed by atoms with Crippen LogP contribution in [-0.4, -0.2) is 16.1 Å². The van der Waals surface area contributed by atoms with Crippen molar-refractivity contribution in [2.45, 2.75) is 63.3 Å². The van der Waals surface area contributed by atoms with E-state index in [1.807, 2.05) is 0 Å². The minimum atomic E-state index is -1.04. The van der Waals surface area contributed by atoms with Crippen LogP contribution in [0.5, 0.6) is 0 Å². The van der Waals surface area contributed by atoms with Crippen LogP contribution in [0.25, 0.3) is 0 Å². The number of benzene rings is 2. The fourth-order valence-electron chi connectivity index (χ4n) is 4.28. The van der Waals surface area contributed by atoms with Gasteiger partial charge in [0.1, 0.15) is 0 Å². The van der Waals surface area contributed by atoms with Crippen LogP contribution >= 0.6 is 0 Å². The molecule has 0 aromatic heterocycles. The molecule has 25 heavy (non-hydrogen) atoms. The maximum Gasteiger partial charge on any atom is 0.0836 e. The third kappa shape index (κ3) is 3.55. The van der Waals surface area contributed by atoms with E-state index in [0.717, 1.165) is 0 Å². The van der Waals surface area contributed by atoms with Crippen molar-refractivity contribution in [2.24, 2.45) is 0 Å². The Bertz CT molecular complexity index is 649. The van der Waals surface area contributed by atoms with Gasteiger partial charge in [0, 0.05) is 0 Å². The Kier molecular flexibility index (Phi) is 4.74. The fourth-order valence-corrected chi connectivity index (χ4v) is 10.2. The highest BCUT2D eigenvalue weighted by atomic mass is 28.3. The standard InChI is InChI=1S/C22H30OSi2/c1-24(13-3-14-24)21-9-5-19(6-10-21)17-23-18-20-7-11-22(12-8-20)25(2)15-4-16-25/h5-12H,3-4,13-18H2,1-2H3. The maximum atomic E-state index is 5.96. The van der Waals surface area contributed by atoms with Crippen molar-refractivity contribution in [3.63, 3.8) is 0 Å². The monoisotopic (exact) mass is 366 g/mol. The second-order valence-corrected chi connectivity index (χ2v) is 18.1. The lowest BCUT2D eigenvalue weighted by Crippen LogP contribution is -2.50. The Hall–Kier alpha value is -1.17. The zero-order valence-corrected chi connectivity index (χ0v) is 17.7. The molecular formula is C22H30OSi2. The highest BCUT2D eigenvalue weighted by Gasteiger charge is 2.36. The van der Waals surface area contributed by atoms with E-state index in [0.29, 0.717) is 13.2 Å². The van der Waals surface area contributed by atoms with Crippen molar-refractivity contribution in [3.8, 4) is 0 Å². The summed E-state index contributed by atoms with van der Waals surface area (Å²) < 4.78 is 5.96. The highest BCUT2D eigenvalue weighted by Crippen LogP contribution is 2.32. The molecule has 2 heterocycles. The summed E-state index contributed by atoms with van der Waals surface area (Å²) in [6.45, 7) is 6.48. The Morgan fingerprint density at radius 2 is 1.00 bits per heavy atom. The summed E-state index contributed by atoms with van der Waals surface area (Å²) in [5, 5.41) is 3.26. The van der Waals surface area contributed by atoms with E-state index in [9.17, 15) is 0 Å². The number of hydrogen-bond acceptors (Lipinski definition) is 1. The first kappa shape index (κ1) is 17.3. The SMILES string of the molecule is C[Si]1(c2ccc(COCc3ccc([Si]4(C)CCC4)cc3)cc2)CCC1. The van der Waals surface area contributed by atoms with Gasteiger partial charge in [-0.25, -0.2) is 0 Å². The summed E-state index contributed by atoms with van der Waals surface area (Å²) in [7, 11) is -2.07. The van der Waals surface area contributed by atoms with Crippen LogP contribution in [0.3, 0.4) is 0 Å². The third-order valence-corrected chi connectivity index (χ3v) is 16.0. The lowest BCUT2D eigenvalue weighted by molar-refractivity contribution is 0.107. The molecule has 0 radical (unpaired) electrons. The Morgan fingerprint density at radius 1 is 0.640 bits per heavy atom. The van der Waals surface area contributed by atoms with Crippen LogP contribution in [0.4, 0.5) is 0 Å². The summed E-state index contributed by atoms with van der Waals surface area (Å²) in [6, 6.07) is 24.5. The van der Waals surface area contributed by atoms with Gasteiger partial charge in [-0.2, -0.15) is 0 Å². The summed E-state index contributed by atoms with van der Waals surface area (Å²) in [5.74, 6) is 0. The average Bonchev–Trinajstić information content (AvgIpc) is 2.59. The largest absolute Gasteiger partial charge is 0.372 e. The van der Waals surface area contributed by atoms with Gasteiger partial charge in [0.2, 0.25) is 0 Å². The zero-order valence-electron chi connectivity index (χ0n) is 15.7. The van der Waals surface area contributed by atoms with E-state index < -0.39 is 16.1 Å². The topological polar surface area (TPSA) is 9.23 Å². The van der Waals surface area contributed by atoms with Crippen molar-refractivity contribution < 1.29 is 4.74 Å². The predicted molar refractivity (Wildman–Crippen MR) is 112 cm³/mol. The maximum absolute atomic E-state index is 5.96. The Labute approximate surface area is 154 Å². The first-order valence-corrected chi connectivity index (χ1v) is 15.7. The van der Waals surface area contributed by atoms with Crippen LogP contribution in [0.2, 0.25) is 37.3 Å². The van der Waals surface area contributed by atoms with Crippen LogP contribution < -0.4 is 10.4 Å². The van der Waals surface area contributed by atoms with Gasteiger partial charge in [0.05, 0.1) is 29.4 Å². The lowest BCUT2D eigenvalue weighted by Gasteiger charge is -2.36. The van der Waals surface area contributed by atoms with Crippen LogP contribution in [0.1, 0.15) is 24.0 Å². The smallest absolute Gasteiger partial charge is 0.0836 e. The van der Waals surface area contributed by atoms with Crippen LogP contribution in [0.15, 0.2) is 48.5 Å². The van der Waals surface area contributed by atoms with Crippen molar-refractivity contribution in [1.82, 2.24) is 0 Å². The molecule has 0 atom stereocenters. The molecule has 2 aromatic carbocycles. The average molecular weight is 367 g/mol. The first-order valence-electron chi connectivity index (χ1n) is 9.84. The summed E-state index contributed by atoms with van der Waals surface area (Å²) in [5.41, 5.74) is 2.60. The quantitative estimate of drug-likeness (QED) is 0.668. The van der Waals surface area contributed by atoms with Gasteiger partial charge in [-0.1, -0.05) is 109 Å². The van der Waals surface area contributed by atoms with E-state index in [1.165, 1.54) is 48.1 Å². The predicted octanol–water partition coefficient (Wildman–Crippen LogP) is 4.78. The molecule has 2 aromatic rings. The molecule has 3 heteroatoms. The normalized spacial score (nSPS) is 20.6. The lowest BCUT2D eigenvalue weighted by atomic mass is 10.2. The molecule has 2 fully saturated rings. The second kappa shape index (κ2) is 6.86. The van der Waals surface area contributed by atoms with Gasteiger partial charge >= 0.3 is 0 Å². The van der Waals surface area contributed by atoms with Gasteiger partial charge in [-0.05, 0) is 11.1 Å². The van der Waals surface area contributed by atoms with E-state index in [4.69, 9.17) is 4.74 Å². The van der Waals surface area contributed by atoms with E-state index in [1.54, 1.807) is 10.4 Å². The van der Waals surface area contributed by atoms with Gasteiger partial charge in [0.15, 0.2) is 0 Å². The first-order chi connectivity index (χ1) is 12.1. The number of ether oxygens (including phenoxy) is 1. The van der Waals surface area contributed by atoms with Crippen molar-refractivity contribution >= 4 is 26.5 Å². The molecule has 132 valence electrons. The van der Waals surface area contributed by atoms with E-state index in [-0.39, 0.29) is 0 Å². The molecule has 0 unspecified atom stereocenters. The molecule has 0 amide bonds. The van der Waals surface area contributed by atoms with E-state index in [2.05, 4.69) is 61.6 Å². The van der Waals surface area contributed by atoms with Gasteiger partial charge < -0.3 is 4.74 Å². The minimum Gasteiger partial charge on any atom is -0.372 e. The molecule has 1 nitrogen and oxygen atoms in total. The van der Waals surface area contributed by atoms with Crippen molar-refractivity contribution in [1.29, 1.82) is 0 Å². The third-order valence-electron chi connectivity index (χ3n) is 6.75. The van der Waals surface area contributed by atoms with Gasteiger partial charge in [-0.3, -0.25) is 0 Å². The molecule has 0 aliphatic carbocycles. The molecule has 2 saturated heterocycles. The Morgan fingerprint density at radius 3 is 1.28 bits per heavy atom. The number of hydrogen-bond donors (Lipinski definition) is 0. The molecular weight excluding hydrogens is 336 g/mol. The van der Waals surface area contributed by atoms with Crippen molar-refractivity contribution in [2.75, 3.05) is 0 Å². The minimum absolute atomic E-state index is 0.715.